The first-order valence-electron chi connectivity index (χ1n) is 7.40. The number of hydrogen-bond acceptors (Lipinski definition) is 3. The molecular formula is C17H18BrFN2O2. The van der Waals surface area contributed by atoms with E-state index in [2.05, 4.69) is 20.8 Å². The van der Waals surface area contributed by atoms with Gasteiger partial charge in [-0.25, -0.2) is 4.39 Å². The molecule has 6 heteroatoms. The number of nitrogens with zero attached hydrogens (tertiary/aromatic N) is 2. The van der Waals surface area contributed by atoms with Crippen LogP contribution in [0.25, 0.3) is 0 Å². The van der Waals surface area contributed by atoms with E-state index in [1.54, 1.807) is 24.6 Å². The molecule has 0 amide bonds. The molecule has 122 valence electrons. The predicted molar refractivity (Wildman–Crippen MR) is 90.9 cm³/mol. The fraction of sp³-hybridized carbons (Fsp3) is 0.353. The molecular weight excluding hydrogens is 363 g/mol. The summed E-state index contributed by atoms with van der Waals surface area (Å²) >= 11 is 3.38. The maximum Gasteiger partial charge on any atom is 0.252 e. The van der Waals surface area contributed by atoms with Crippen molar-refractivity contribution >= 4 is 15.9 Å². The van der Waals surface area contributed by atoms with Crippen LogP contribution in [0.15, 0.2) is 33.7 Å². The molecule has 2 aromatic rings. The minimum Gasteiger partial charge on any atom is -0.454 e. The zero-order valence-corrected chi connectivity index (χ0v) is 14.9. The van der Waals surface area contributed by atoms with Gasteiger partial charge in [0.25, 0.3) is 5.56 Å². The van der Waals surface area contributed by atoms with E-state index < -0.39 is 0 Å². The van der Waals surface area contributed by atoms with Crippen LogP contribution >= 0.6 is 15.9 Å². The summed E-state index contributed by atoms with van der Waals surface area (Å²) < 4.78 is 21.7. The van der Waals surface area contributed by atoms with E-state index in [1.807, 2.05) is 7.05 Å². The molecule has 0 spiro atoms. The average molecular weight is 381 g/mol. The Bertz CT molecular complexity index is 790. The molecule has 1 aromatic carbocycles. The number of likely N-dealkylation sites (tertiary alicyclic amines) is 1. The fourth-order valence-corrected chi connectivity index (χ4v) is 3.26. The van der Waals surface area contributed by atoms with Crippen LogP contribution in [0, 0.1) is 19.7 Å². The lowest BCUT2D eigenvalue weighted by atomic mass is 10.1. The second-order valence-corrected chi connectivity index (χ2v) is 6.93. The number of aryl methyl sites for hydroxylation is 2. The van der Waals surface area contributed by atoms with Gasteiger partial charge in [-0.3, -0.25) is 4.79 Å². The minimum absolute atomic E-state index is 0.0603. The fourth-order valence-electron chi connectivity index (χ4n) is 2.88. The van der Waals surface area contributed by atoms with Crippen molar-refractivity contribution in [1.82, 2.24) is 9.47 Å². The number of pyridine rings is 1. The molecule has 0 aliphatic carbocycles. The van der Waals surface area contributed by atoms with Crippen molar-refractivity contribution in [3.8, 4) is 11.5 Å². The smallest absolute Gasteiger partial charge is 0.252 e. The van der Waals surface area contributed by atoms with Gasteiger partial charge in [0.1, 0.15) is 11.6 Å². The van der Waals surface area contributed by atoms with Crippen molar-refractivity contribution < 1.29 is 9.13 Å². The van der Waals surface area contributed by atoms with Gasteiger partial charge in [0.15, 0.2) is 5.75 Å². The number of ether oxygens (including phenoxy) is 1. The Kier molecular flexibility index (Phi) is 4.29. The summed E-state index contributed by atoms with van der Waals surface area (Å²) in [5.41, 5.74) is 1.38. The highest BCUT2D eigenvalue weighted by Crippen LogP contribution is 2.34. The zero-order valence-electron chi connectivity index (χ0n) is 13.3. The molecule has 0 atom stereocenters. The zero-order chi connectivity index (χ0) is 16.7. The first kappa shape index (κ1) is 16.2. The molecule has 2 heterocycles. The summed E-state index contributed by atoms with van der Waals surface area (Å²) in [4.78, 5) is 14.3. The van der Waals surface area contributed by atoms with Crippen LogP contribution in [-0.4, -0.2) is 29.6 Å². The number of aromatic nitrogens is 1. The Morgan fingerprint density at radius 2 is 1.83 bits per heavy atom. The summed E-state index contributed by atoms with van der Waals surface area (Å²) in [5.74, 6) is 0.883. The van der Waals surface area contributed by atoms with E-state index in [0.29, 0.717) is 16.0 Å². The molecule has 0 saturated carbocycles. The number of hydrogen-bond donors (Lipinski definition) is 0. The molecule has 4 nitrogen and oxygen atoms in total. The predicted octanol–water partition coefficient (Wildman–Crippen LogP) is 3.65. The summed E-state index contributed by atoms with van der Waals surface area (Å²) in [6, 6.07) is 4.56. The third-order valence-electron chi connectivity index (χ3n) is 4.07. The first-order valence-corrected chi connectivity index (χ1v) is 8.19. The molecule has 3 rings (SSSR count). The first-order chi connectivity index (χ1) is 10.8. The molecule has 0 radical (unpaired) electrons. The number of benzene rings is 1. The third-order valence-corrected chi connectivity index (χ3v) is 4.69. The van der Waals surface area contributed by atoms with Gasteiger partial charge in [0.05, 0.1) is 16.7 Å². The van der Waals surface area contributed by atoms with Crippen LogP contribution in [0.2, 0.25) is 0 Å². The van der Waals surface area contributed by atoms with Gasteiger partial charge in [-0.05, 0) is 60.1 Å². The Morgan fingerprint density at radius 1 is 1.22 bits per heavy atom. The lowest BCUT2D eigenvalue weighted by molar-refractivity contribution is 0.137. The highest BCUT2D eigenvalue weighted by Gasteiger charge is 2.26. The van der Waals surface area contributed by atoms with Crippen molar-refractivity contribution in [3.05, 3.63) is 56.2 Å². The standard InChI is InChI=1S/C17H18BrFN2O2/c1-10-4-12(19)5-11(2)17(10)23-15-9-21(13-7-20(3)8-13)16(22)6-14(15)18/h4-6,9,13H,7-8H2,1-3H3. The highest BCUT2D eigenvalue weighted by atomic mass is 79.9. The van der Waals surface area contributed by atoms with E-state index in [9.17, 15) is 9.18 Å². The number of rotatable bonds is 3. The highest BCUT2D eigenvalue weighted by molar-refractivity contribution is 9.10. The number of likely N-dealkylation sites (N-methyl/N-ethyl adjacent to an activating group) is 1. The number of halogens is 2. The summed E-state index contributed by atoms with van der Waals surface area (Å²) in [6.45, 7) is 5.29. The molecule has 1 aliphatic rings. The SMILES string of the molecule is Cc1cc(F)cc(C)c1Oc1cn(C2CN(C)C2)c(=O)cc1Br. The Hall–Kier alpha value is -1.66. The lowest BCUT2D eigenvalue weighted by Crippen LogP contribution is -2.47. The maximum atomic E-state index is 13.4. The van der Waals surface area contributed by atoms with E-state index in [-0.39, 0.29) is 17.4 Å². The maximum absolute atomic E-state index is 13.4. The lowest BCUT2D eigenvalue weighted by Gasteiger charge is -2.37. The van der Waals surface area contributed by atoms with Gasteiger partial charge in [-0.15, -0.1) is 0 Å². The van der Waals surface area contributed by atoms with Crippen LogP contribution in [-0.2, 0) is 0 Å². The van der Waals surface area contributed by atoms with Gasteiger partial charge < -0.3 is 14.2 Å². The quantitative estimate of drug-likeness (QED) is 0.814. The normalized spacial score (nSPS) is 15.5. The van der Waals surface area contributed by atoms with Gasteiger partial charge >= 0.3 is 0 Å². The third kappa shape index (κ3) is 3.19. The van der Waals surface area contributed by atoms with E-state index in [1.165, 1.54) is 18.2 Å². The monoisotopic (exact) mass is 380 g/mol. The molecule has 0 bridgehead atoms. The van der Waals surface area contributed by atoms with Crippen molar-refractivity contribution in [2.75, 3.05) is 20.1 Å². The Labute approximate surface area is 142 Å². The van der Waals surface area contributed by atoms with Gasteiger partial charge in [0.2, 0.25) is 0 Å². The van der Waals surface area contributed by atoms with E-state index in [4.69, 9.17) is 4.74 Å². The van der Waals surface area contributed by atoms with Crippen molar-refractivity contribution in [2.24, 2.45) is 0 Å². The van der Waals surface area contributed by atoms with Crippen LogP contribution in [0.4, 0.5) is 4.39 Å². The minimum atomic E-state index is -0.283. The topological polar surface area (TPSA) is 34.5 Å². The van der Waals surface area contributed by atoms with Crippen LogP contribution in [0.3, 0.4) is 0 Å². The molecule has 1 saturated heterocycles. The summed E-state index contributed by atoms with van der Waals surface area (Å²) in [5, 5.41) is 0. The van der Waals surface area contributed by atoms with Gasteiger partial charge in [-0.2, -0.15) is 0 Å². The van der Waals surface area contributed by atoms with Crippen molar-refractivity contribution in [1.29, 1.82) is 0 Å². The van der Waals surface area contributed by atoms with Crippen LogP contribution in [0.1, 0.15) is 17.2 Å². The molecule has 1 fully saturated rings. The molecule has 0 N–H and O–H groups in total. The molecule has 1 aromatic heterocycles. The summed E-state index contributed by atoms with van der Waals surface area (Å²) in [7, 11) is 2.02. The molecule has 1 aliphatic heterocycles. The summed E-state index contributed by atoms with van der Waals surface area (Å²) in [6.07, 6.45) is 1.73. The van der Waals surface area contributed by atoms with Crippen molar-refractivity contribution in [2.45, 2.75) is 19.9 Å². The second kappa shape index (κ2) is 6.09. The van der Waals surface area contributed by atoms with Gasteiger partial charge in [0, 0.05) is 19.2 Å². The Balaban J connectivity index is 1.97. The van der Waals surface area contributed by atoms with E-state index in [0.717, 1.165) is 24.2 Å². The molecule has 23 heavy (non-hydrogen) atoms. The largest absolute Gasteiger partial charge is 0.454 e. The average Bonchev–Trinajstić information content (AvgIpc) is 2.41. The van der Waals surface area contributed by atoms with E-state index >= 15 is 0 Å². The molecule has 0 unspecified atom stereocenters. The van der Waals surface area contributed by atoms with Gasteiger partial charge in [-0.1, -0.05) is 0 Å². The van der Waals surface area contributed by atoms with Crippen LogP contribution in [0.5, 0.6) is 11.5 Å². The van der Waals surface area contributed by atoms with Crippen LogP contribution < -0.4 is 10.3 Å². The second-order valence-electron chi connectivity index (χ2n) is 6.08. The van der Waals surface area contributed by atoms with Crippen molar-refractivity contribution in [3.63, 3.8) is 0 Å². The Morgan fingerprint density at radius 3 is 2.39 bits per heavy atom.